The van der Waals surface area contributed by atoms with E-state index in [1.165, 1.54) is 11.8 Å². The van der Waals surface area contributed by atoms with Gasteiger partial charge in [0.1, 0.15) is 13.2 Å². The molecule has 0 aromatic heterocycles. The monoisotopic (exact) mass is 277 g/mol. The second-order valence-corrected chi connectivity index (χ2v) is 4.87. The van der Waals surface area contributed by atoms with E-state index in [1.807, 2.05) is 0 Å². The summed E-state index contributed by atoms with van der Waals surface area (Å²) in [5, 5.41) is 2.30. The highest BCUT2D eigenvalue weighted by molar-refractivity contribution is 8.03. The number of benzene rings is 1. The van der Waals surface area contributed by atoms with E-state index in [4.69, 9.17) is 9.47 Å². The predicted octanol–water partition coefficient (Wildman–Crippen LogP) is 1.19. The molecule has 6 heteroatoms. The smallest absolute Gasteiger partial charge is 0.265 e. The topological polar surface area (TPSA) is 64.6 Å². The van der Waals surface area contributed by atoms with Crippen LogP contribution in [0.3, 0.4) is 0 Å². The van der Waals surface area contributed by atoms with E-state index in [0.717, 1.165) is 0 Å². The van der Waals surface area contributed by atoms with Gasteiger partial charge in [0.2, 0.25) is 0 Å². The molecule has 0 aliphatic carbocycles. The van der Waals surface area contributed by atoms with Crippen LogP contribution < -0.4 is 14.8 Å². The largest absolute Gasteiger partial charge is 0.486 e. The molecule has 0 saturated heterocycles. The van der Waals surface area contributed by atoms with E-state index in [9.17, 15) is 9.59 Å². The first-order valence-electron chi connectivity index (χ1n) is 5.74. The van der Waals surface area contributed by atoms with Gasteiger partial charge in [-0.1, -0.05) is 6.07 Å². The Labute approximate surface area is 114 Å². The molecule has 2 amide bonds. The molecule has 1 aromatic carbocycles. The van der Waals surface area contributed by atoms with E-state index in [-0.39, 0.29) is 11.8 Å². The Bertz CT molecular complexity index is 609. The van der Waals surface area contributed by atoms with Crippen molar-refractivity contribution in [3.05, 3.63) is 28.7 Å². The number of fused-ring (bicyclic) bond motifs is 1. The van der Waals surface area contributed by atoms with Crippen LogP contribution in [0.4, 0.5) is 0 Å². The SMILES string of the molecule is CSC1=C(c2ccc3c(c2)OCCO3)C(=O)NC1=O. The summed E-state index contributed by atoms with van der Waals surface area (Å²) in [7, 11) is 0. The Kier molecular flexibility index (Phi) is 2.94. The maximum Gasteiger partial charge on any atom is 0.265 e. The van der Waals surface area contributed by atoms with Gasteiger partial charge in [0, 0.05) is 0 Å². The van der Waals surface area contributed by atoms with Gasteiger partial charge < -0.3 is 9.47 Å². The van der Waals surface area contributed by atoms with Crippen LogP contribution in [0.25, 0.3) is 5.57 Å². The fourth-order valence-electron chi connectivity index (χ4n) is 2.09. The zero-order valence-electron chi connectivity index (χ0n) is 10.2. The average Bonchev–Trinajstić information content (AvgIpc) is 2.72. The molecule has 2 heterocycles. The highest BCUT2D eigenvalue weighted by atomic mass is 32.2. The third-order valence-electron chi connectivity index (χ3n) is 2.92. The van der Waals surface area contributed by atoms with Crippen molar-refractivity contribution in [2.45, 2.75) is 0 Å². The first-order valence-corrected chi connectivity index (χ1v) is 6.97. The minimum absolute atomic E-state index is 0.345. The fourth-order valence-corrected chi connectivity index (χ4v) is 2.75. The van der Waals surface area contributed by atoms with Crippen LogP contribution in [0.2, 0.25) is 0 Å². The molecule has 98 valence electrons. The molecular weight excluding hydrogens is 266 g/mol. The van der Waals surface area contributed by atoms with Crippen LogP contribution in [0.15, 0.2) is 23.1 Å². The molecule has 2 aliphatic rings. The minimum Gasteiger partial charge on any atom is -0.486 e. The Balaban J connectivity index is 2.09. The van der Waals surface area contributed by atoms with Crippen LogP contribution in [-0.2, 0) is 9.59 Å². The van der Waals surface area contributed by atoms with Crippen molar-refractivity contribution >= 4 is 29.1 Å². The molecule has 0 unspecified atom stereocenters. The number of rotatable bonds is 2. The summed E-state index contributed by atoms with van der Waals surface area (Å²) in [6, 6.07) is 5.25. The normalized spacial score (nSPS) is 17.7. The minimum atomic E-state index is -0.369. The number of thioether (sulfide) groups is 1. The third-order valence-corrected chi connectivity index (χ3v) is 3.72. The van der Waals surface area contributed by atoms with Gasteiger partial charge in [-0.3, -0.25) is 14.9 Å². The lowest BCUT2D eigenvalue weighted by atomic mass is 10.1. The molecule has 0 saturated carbocycles. The zero-order valence-corrected chi connectivity index (χ0v) is 11.0. The molecule has 0 bridgehead atoms. The van der Waals surface area contributed by atoms with Gasteiger partial charge >= 0.3 is 0 Å². The Hall–Kier alpha value is -1.95. The molecule has 0 atom stereocenters. The van der Waals surface area contributed by atoms with Crippen molar-refractivity contribution in [3.63, 3.8) is 0 Å². The second-order valence-electron chi connectivity index (χ2n) is 4.05. The van der Waals surface area contributed by atoms with Crippen molar-refractivity contribution in [1.29, 1.82) is 0 Å². The number of amides is 2. The van der Waals surface area contributed by atoms with Gasteiger partial charge in [-0.2, -0.15) is 0 Å². The van der Waals surface area contributed by atoms with Crippen LogP contribution in [-0.4, -0.2) is 31.3 Å². The van der Waals surface area contributed by atoms with E-state index in [1.54, 1.807) is 24.5 Å². The van der Waals surface area contributed by atoms with Crippen molar-refractivity contribution in [2.24, 2.45) is 0 Å². The number of ether oxygens (including phenoxy) is 2. The van der Waals surface area contributed by atoms with Gasteiger partial charge in [-0.05, 0) is 24.0 Å². The van der Waals surface area contributed by atoms with Crippen LogP contribution in [0.5, 0.6) is 11.5 Å². The molecule has 3 rings (SSSR count). The van der Waals surface area contributed by atoms with Crippen LogP contribution in [0, 0.1) is 0 Å². The van der Waals surface area contributed by atoms with Gasteiger partial charge in [0.05, 0.1) is 10.5 Å². The second kappa shape index (κ2) is 4.62. The Morgan fingerprint density at radius 1 is 1.11 bits per heavy atom. The summed E-state index contributed by atoms with van der Waals surface area (Å²) in [5.41, 5.74) is 1.06. The quantitative estimate of drug-likeness (QED) is 0.823. The third kappa shape index (κ3) is 1.98. The predicted molar refractivity (Wildman–Crippen MR) is 71.0 cm³/mol. The Morgan fingerprint density at radius 3 is 2.58 bits per heavy atom. The standard InChI is InChI=1S/C13H11NO4S/c1-19-11-10(12(15)14-13(11)16)7-2-3-8-9(6-7)18-5-4-17-8/h2-3,6H,4-5H2,1H3,(H,14,15,16). The van der Waals surface area contributed by atoms with Crippen LogP contribution >= 0.6 is 11.8 Å². The van der Waals surface area contributed by atoms with E-state index in [0.29, 0.717) is 40.8 Å². The first kappa shape index (κ1) is 12.1. The van der Waals surface area contributed by atoms with Gasteiger partial charge in [-0.15, -0.1) is 11.8 Å². The average molecular weight is 277 g/mol. The molecule has 5 nitrogen and oxygen atoms in total. The molecular formula is C13H11NO4S. The van der Waals surface area contributed by atoms with Crippen LogP contribution in [0.1, 0.15) is 5.56 Å². The fraction of sp³-hybridized carbons (Fsp3) is 0.231. The van der Waals surface area contributed by atoms with Crippen molar-refractivity contribution in [3.8, 4) is 11.5 Å². The van der Waals surface area contributed by atoms with Crippen molar-refractivity contribution < 1.29 is 19.1 Å². The van der Waals surface area contributed by atoms with E-state index in [2.05, 4.69) is 5.32 Å². The first-order chi connectivity index (χ1) is 9.20. The molecule has 19 heavy (non-hydrogen) atoms. The summed E-state index contributed by atoms with van der Waals surface area (Å²) < 4.78 is 10.9. The lowest BCUT2D eigenvalue weighted by Crippen LogP contribution is -2.22. The maximum absolute atomic E-state index is 11.8. The summed E-state index contributed by atoms with van der Waals surface area (Å²) in [5.74, 6) is 0.545. The molecule has 0 radical (unpaired) electrons. The highest BCUT2D eigenvalue weighted by Crippen LogP contribution is 2.36. The van der Waals surface area contributed by atoms with Crippen molar-refractivity contribution in [1.82, 2.24) is 5.32 Å². The Morgan fingerprint density at radius 2 is 1.84 bits per heavy atom. The van der Waals surface area contributed by atoms with Gasteiger partial charge in [-0.25, -0.2) is 0 Å². The van der Waals surface area contributed by atoms with Gasteiger partial charge in [0.15, 0.2) is 11.5 Å². The van der Waals surface area contributed by atoms with Crippen molar-refractivity contribution in [2.75, 3.05) is 19.5 Å². The lowest BCUT2D eigenvalue weighted by Gasteiger charge is -2.18. The number of hydrogen-bond donors (Lipinski definition) is 1. The summed E-state index contributed by atoms with van der Waals surface area (Å²) >= 11 is 1.26. The summed E-state index contributed by atoms with van der Waals surface area (Å²) in [6.07, 6.45) is 1.77. The van der Waals surface area contributed by atoms with E-state index >= 15 is 0 Å². The molecule has 1 aromatic rings. The molecule has 2 aliphatic heterocycles. The number of nitrogens with one attached hydrogen (secondary N) is 1. The molecule has 0 spiro atoms. The molecule has 0 fully saturated rings. The maximum atomic E-state index is 11.8. The number of imide groups is 1. The number of carbonyl (C=O) groups is 2. The zero-order chi connectivity index (χ0) is 13.4. The molecule has 1 N–H and O–H groups in total. The lowest BCUT2D eigenvalue weighted by molar-refractivity contribution is -0.123. The highest BCUT2D eigenvalue weighted by Gasteiger charge is 2.31. The number of carbonyl (C=O) groups excluding carboxylic acids is 2. The van der Waals surface area contributed by atoms with E-state index < -0.39 is 0 Å². The summed E-state index contributed by atoms with van der Waals surface area (Å²) in [4.78, 5) is 23.9. The van der Waals surface area contributed by atoms with Gasteiger partial charge in [0.25, 0.3) is 11.8 Å². The summed E-state index contributed by atoms with van der Waals surface area (Å²) in [6.45, 7) is 1.00. The number of hydrogen-bond acceptors (Lipinski definition) is 5.